The summed E-state index contributed by atoms with van der Waals surface area (Å²) in [5.74, 6) is -1.56. The molecule has 0 rings (SSSR count). The van der Waals surface area contributed by atoms with Crippen molar-refractivity contribution >= 4 is 17.0 Å². The third-order valence-electron chi connectivity index (χ3n) is 0.949. The van der Waals surface area contributed by atoms with Gasteiger partial charge in [0.25, 0.3) is 0 Å². The van der Waals surface area contributed by atoms with Crippen molar-refractivity contribution in [1.82, 2.24) is 5.32 Å². The van der Waals surface area contributed by atoms with Gasteiger partial charge in [-0.3, -0.25) is 9.00 Å². The first-order valence-corrected chi connectivity index (χ1v) is 3.78. The van der Waals surface area contributed by atoms with Gasteiger partial charge in [-0.1, -0.05) is 11.1 Å². The van der Waals surface area contributed by atoms with Crippen molar-refractivity contribution < 1.29 is 51.4 Å². The predicted octanol–water partition coefficient (Wildman–Crippen LogP) is -1.46. The van der Waals surface area contributed by atoms with Gasteiger partial charge >= 0.3 is 5.97 Å². The molecule has 0 aliphatic carbocycles. The van der Waals surface area contributed by atoms with E-state index in [1.54, 1.807) is 0 Å². The number of carboxylic acid groups (broad SMARTS) is 1. The molecule has 0 fully saturated rings. The fourth-order valence-electron chi connectivity index (χ4n) is 0.414. The Morgan fingerprint density at radius 2 is 2.27 bits per heavy atom. The third-order valence-corrected chi connectivity index (χ3v) is 1.55. The zero-order valence-electron chi connectivity index (χ0n) is 5.94. The van der Waals surface area contributed by atoms with Gasteiger partial charge < -0.3 is 15.0 Å². The summed E-state index contributed by atoms with van der Waals surface area (Å²) in [6.07, 6.45) is 0. The molecule has 0 saturated carbocycles. The molecule has 1 radical (unpaired) electrons. The molecule has 2 N–H and O–H groups in total. The van der Waals surface area contributed by atoms with E-state index in [9.17, 15) is 13.6 Å². The Bertz CT molecular complexity index is 153. The molecule has 11 heavy (non-hydrogen) atoms. The number of hydrogen-bond donors (Lipinski definition) is 2. The summed E-state index contributed by atoms with van der Waals surface area (Å²) in [6.45, 7) is 0. The molecule has 0 aromatic carbocycles. The van der Waals surface area contributed by atoms with Crippen LogP contribution in [0.1, 0.15) is 0 Å². The zero-order valence-corrected chi connectivity index (χ0v) is 9.60. The monoisotopic (exact) mass is 255 g/mol. The average molecular weight is 255 g/mol. The maximum Gasteiger partial charge on any atom is 0.321 e. The fourth-order valence-corrected chi connectivity index (χ4v) is 0.996. The van der Waals surface area contributed by atoms with Crippen LogP contribution >= 0.6 is 0 Å². The second kappa shape index (κ2) is 7.30. The van der Waals surface area contributed by atoms with Crippen LogP contribution in [0.3, 0.4) is 0 Å². The van der Waals surface area contributed by atoms with Crippen LogP contribution in [-0.2, 0) is 48.6 Å². The van der Waals surface area contributed by atoms with Gasteiger partial charge in [0.05, 0.1) is 0 Å². The van der Waals surface area contributed by atoms with E-state index < -0.39 is 28.8 Å². The molecule has 0 aromatic rings. The normalized spacial score (nSPS) is 14.7. The summed E-state index contributed by atoms with van der Waals surface area (Å²) in [7, 11) is 1.39. The van der Waals surface area contributed by atoms with Crippen LogP contribution in [0.15, 0.2) is 0 Å². The first-order valence-electron chi connectivity index (χ1n) is 2.54. The van der Waals surface area contributed by atoms with Gasteiger partial charge in [-0.05, 0) is 7.05 Å². The number of aliphatic carboxylic acids is 1. The molecule has 0 amide bonds. The topological polar surface area (TPSA) is 89.5 Å². The van der Waals surface area contributed by atoms with E-state index >= 15 is 0 Å². The molecule has 0 heterocycles. The number of carboxylic acids is 1. The molecule has 0 aliphatic heterocycles. The van der Waals surface area contributed by atoms with Crippen LogP contribution in [-0.4, -0.2) is 38.7 Å². The van der Waals surface area contributed by atoms with Crippen molar-refractivity contribution in [2.75, 3.05) is 12.8 Å². The minimum atomic E-state index is -2.31. The summed E-state index contributed by atoms with van der Waals surface area (Å²) in [5.41, 5.74) is 0. The fraction of sp³-hybridized carbons (Fsp3) is 0.750. The third kappa shape index (κ3) is 7.02. The Labute approximate surface area is 92.1 Å². The Hall–Kier alpha value is 0.644. The molecule has 5 nitrogen and oxygen atoms in total. The van der Waals surface area contributed by atoms with Gasteiger partial charge in [-0.2, -0.15) is 0 Å². The van der Waals surface area contributed by atoms with Crippen LogP contribution in [0.2, 0.25) is 0 Å². The summed E-state index contributed by atoms with van der Waals surface area (Å²) < 4.78 is 19.9. The van der Waals surface area contributed by atoms with Crippen molar-refractivity contribution in [1.29, 1.82) is 0 Å². The van der Waals surface area contributed by atoms with Gasteiger partial charge in [-0.25, -0.2) is 0 Å². The first-order chi connectivity index (χ1) is 4.57. The van der Waals surface area contributed by atoms with E-state index in [4.69, 9.17) is 5.11 Å². The largest absolute Gasteiger partial charge is 0.772 e. The number of rotatable bonds is 4. The van der Waals surface area contributed by atoms with E-state index in [2.05, 4.69) is 5.32 Å². The molecule has 0 saturated heterocycles. The first kappa shape index (κ1) is 14.2. The van der Waals surface area contributed by atoms with Crippen LogP contribution < -0.4 is 5.32 Å². The zero-order chi connectivity index (χ0) is 8.15. The summed E-state index contributed by atoms with van der Waals surface area (Å²) in [6, 6.07) is -1.00. The number of carbonyl (C=O) groups is 1. The van der Waals surface area contributed by atoms with Gasteiger partial charge in [0.15, 0.2) is 0 Å². The maximum absolute atomic E-state index is 10.1. The summed E-state index contributed by atoms with van der Waals surface area (Å²) in [4.78, 5) is 10.1. The van der Waals surface area contributed by atoms with E-state index in [0.29, 0.717) is 0 Å². The maximum atomic E-state index is 10.1. The van der Waals surface area contributed by atoms with Gasteiger partial charge in [0.2, 0.25) is 0 Å². The number of nitrogens with one attached hydrogen (secondary N) is 1. The van der Waals surface area contributed by atoms with Crippen LogP contribution in [0.25, 0.3) is 0 Å². The number of hydrogen-bond acceptors (Lipinski definition) is 4. The molecule has 1 unspecified atom stereocenters. The second-order valence-electron chi connectivity index (χ2n) is 1.65. The predicted molar refractivity (Wildman–Crippen MR) is 34.3 cm³/mol. The molecular formula is C4H8NO4SY-. The van der Waals surface area contributed by atoms with E-state index in [0.717, 1.165) is 0 Å². The van der Waals surface area contributed by atoms with E-state index in [1.165, 1.54) is 7.05 Å². The molecule has 63 valence electrons. The van der Waals surface area contributed by atoms with Crippen LogP contribution in [0.5, 0.6) is 0 Å². The van der Waals surface area contributed by atoms with Gasteiger partial charge in [0.1, 0.15) is 6.04 Å². The molecule has 0 bridgehead atoms. The van der Waals surface area contributed by atoms with Crippen molar-refractivity contribution in [2.24, 2.45) is 0 Å². The average Bonchev–Trinajstić information content (AvgIpc) is 1.81. The van der Waals surface area contributed by atoms with Crippen LogP contribution in [0.4, 0.5) is 0 Å². The Morgan fingerprint density at radius 1 is 1.82 bits per heavy atom. The smallest absolute Gasteiger partial charge is 0.321 e. The Morgan fingerprint density at radius 3 is 2.36 bits per heavy atom. The van der Waals surface area contributed by atoms with Crippen molar-refractivity contribution in [3.8, 4) is 0 Å². The van der Waals surface area contributed by atoms with Gasteiger partial charge in [0, 0.05) is 38.5 Å². The molecule has 2 atom stereocenters. The van der Waals surface area contributed by atoms with E-state index in [1.807, 2.05) is 0 Å². The van der Waals surface area contributed by atoms with E-state index in [-0.39, 0.29) is 32.7 Å². The molecular weight excluding hydrogens is 247 g/mol. The van der Waals surface area contributed by atoms with Crippen molar-refractivity contribution in [3.63, 3.8) is 0 Å². The summed E-state index contributed by atoms with van der Waals surface area (Å²) >= 11 is -2.31. The minimum absolute atomic E-state index is 0. The minimum Gasteiger partial charge on any atom is -0.772 e. The molecule has 0 aliphatic rings. The van der Waals surface area contributed by atoms with Gasteiger partial charge in [-0.15, -0.1) is 0 Å². The Kier molecular flexibility index (Phi) is 9.41. The summed E-state index contributed by atoms with van der Waals surface area (Å²) in [5, 5.41) is 10.6. The number of likely N-dealkylation sites (N-methyl/N-ethyl adjacent to an activating group) is 1. The quantitative estimate of drug-likeness (QED) is 0.599. The second-order valence-corrected chi connectivity index (χ2v) is 2.59. The molecule has 0 spiro atoms. The van der Waals surface area contributed by atoms with Crippen molar-refractivity contribution in [2.45, 2.75) is 6.04 Å². The molecule has 0 aromatic heterocycles. The van der Waals surface area contributed by atoms with Crippen LogP contribution in [0, 0.1) is 0 Å². The standard InChI is InChI=1S/C4H9NO4S.Y/c1-5-3(4(6)7)2-10(8)9;/h3,5H,2H2,1H3,(H,6,7)(H,8,9);/p-1/t3-;/m1./s1. The SMILES string of the molecule is CN[C@H](CS(=O)[O-])C(=O)O.[Y]. The molecule has 7 heteroatoms. The van der Waals surface area contributed by atoms with Crippen molar-refractivity contribution in [3.05, 3.63) is 0 Å². The Balaban J connectivity index is 0.